The van der Waals surface area contributed by atoms with Crippen molar-refractivity contribution >= 4 is 34.1 Å². The Hall–Kier alpha value is -4.28. The molecule has 0 spiro atoms. The molecule has 0 saturated carbocycles. The molecular weight excluding hydrogens is 420 g/mol. The number of imide groups is 1. The summed E-state index contributed by atoms with van der Waals surface area (Å²) in [6, 6.07) is 8.72. The number of ether oxygens (including phenoxy) is 1. The lowest BCUT2D eigenvalue weighted by atomic mass is 9.69. The summed E-state index contributed by atoms with van der Waals surface area (Å²) < 4.78 is 5.29. The minimum atomic E-state index is -0.846. The topological polar surface area (TPSA) is 157 Å². The van der Waals surface area contributed by atoms with Crippen molar-refractivity contribution in [3.8, 4) is 5.75 Å². The Morgan fingerprint density at radius 3 is 2.31 bits per heavy atom. The molecule has 1 aliphatic heterocycles. The van der Waals surface area contributed by atoms with Gasteiger partial charge in [0.05, 0.1) is 34.9 Å². The summed E-state index contributed by atoms with van der Waals surface area (Å²) in [4.78, 5) is 50.2. The van der Waals surface area contributed by atoms with Crippen molar-refractivity contribution in [3.63, 3.8) is 0 Å². The van der Waals surface area contributed by atoms with Crippen LogP contribution in [0.3, 0.4) is 0 Å². The minimum Gasteiger partial charge on any atom is -0.497 e. The first-order valence-corrected chi connectivity index (χ1v) is 9.75. The van der Waals surface area contributed by atoms with Crippen LogP contribution in [-0.2, 0) is 16.0 Å². The van der Waals surface area contributed by atoms with Crippen LogP contribution in [0.2, 0.25) is 0 Å². The highest BCUT2D eigenvalue weighted by molar-refractivity contribution is 6.10. The number of aromatic amines is 1. The lowest BCUT2D eigenvalue weighted by Crippen LogP contribution is -2.30. The average Bonchev–Trinajstić information content (AvgIpc) is 3.28. The first-order chi connectivity index (χ1) is 15.3. The number of fused-ring (bicyclic) bond motifs is 5. The standard InChI is InChI=1S/C21H16N4O7/c1-32-12-2-3-15-14(7-12)17-16(22-15)8-13(18-19(17)21(27)23-20(18)26)9-4-10(24(28)29)6-11(5-9)25(30)31/h2-7,13,18-19,22H,8H2,1H3,(H,23,26,27). The SMILES string of the molecule is COc1ccc2[nH]c3c(c2c1)C1C(=O)NC(=O)C1C(c1cc([N+](=O)[O-])cc([N+](=O)[O-])c1)C3. The van der Waals surface area contributed by atoms with Crippen LogP contribution in [0.15, 0.2) is 36.4 Å². The monoisotopic (exact) mass is 436 g/mol. The molecule has 1 aliphatic carbocycles. The Morgan fingerprint density at radius 1 is 1.00 bits per heavy atom. The lowest BCUT2D eigenvalue weighted by Gasteiger charge is -2.31. The molecule has 2 amide bonds. The van der Waals surface area contributed by atoms with E-state index in [1.807, 2.05) is 6.07 Å². The molecule has 1 fully saturated rings. The first kappa shape index (κ1) is 19.7. The summed E-state index contributed by atoms with van der Waals surface area (Å²) in [5, 5.41) is 25.8. The fraction of sp³-hybridized carbons (Fsp3) is 0.238. The van der Waals surface area contributed by atoms with E-state index in [0.29, 0.717) is 17.0 Å². The van der Waals surface area contributed by atoms with E-state index in [-0.39, 0.29) is 12.0 Å². The van der Waals surface area contributed by atoms with Crippen LogP contribution >= 0.6 is 0 Å². The zero-order valence-corrected chi connectivity index (χ0v) is 16.7. The Morgan fingerprint density at radius 2 is 1.69 bits per heavy atom. The number of nitro benzene ring substituents is 2. The summed E-state index contributed by atoms with van der Waals surface area (Å²) in [6.45, 7) is 0. The Kier molecular flexibility index (Phi) is 4.22. The number of non-ortho nitro benzene ring substituents is 2. The highest BCUT2D eigenvalue weighted by Gasteiger charge is 2.52. The second-order valence-electron chi connectivity index (χ2n) is 7.89. The van der Waals surface area contributed by atoms with Crippen molar-refractivity contribution < 1.29 is 24.2 Å². The van der Waals surface area contributed by atoms with Gasteiger partial charge < -0.3 is 9.72 Å². The van der Waals surface area contributed by atoms with Crippen molar-refractivity contribution in [1.82, 2.24) is 10.3 Å². The van der Waals surface area contributed by atoms with Gasteiger partial charge in [-0.05, 0) is 35.7 Å². The second kappa shape index (κ2) is 6.87. The fourth-order valence-electron chi connectivity index (χ4n) is 4.93. The van der Waals surface area contributed by atoms with Crippen molar-refractivity contribution in [3.05, 3.63) is 73.4 Å². The number of hydrogen-bond donors (Lipinski definition) is 2. The molecule has 3 unspecified atom stereocenters. The Bertz CT molecular complexity index is 1310. The largest absolute Gasteiger partial charge is 0.497 e. The highest BCUT2D eigenvalue weighted by atomic mass is 16.6. The molecular formula is C21H16N4O7. The zero-order valence-electron chi connectivity index (χ0n) is 16.7. The summed E-state index contributed by atoms with van der Waals surface area (Å²) in [5.41, 5.74) is 1.53. The highest BCUT2D eigenvalue weighted by Crippen LogP contribution is 2.50. The number of hydrogen-bond acceptors (Lipinski definition) is 7. The van der Waals surface area contributed by atoms with E-state index in [1.54, 1.807) is 12.1 Å². The van der Waals surface area contributed by atoms with Crippen molar-refractivity contribution in [2.45, 2.75) is 18.3 Å². The third-order valence-electron chi connectivity index (χ3n) is 6.26. The molecule has 11 nitrogen and oxygen atoms in total. The maximum absolute atomic E-state index is 12.8. The Labute approximate surface area is 179 Å². The maximum atomic E-state index is 12.8. The van der Waals surface area contributed by atoms with Crippen LogP contribution in [-0.4, -0.2) is 33.8 Å². The maximum Gasteiger partial charge on any atom is 0.276 e. The van der Waals surface area contributed by atoms with E-state index in [9.17, 15) is 29.8 Å². The van der Waals surface area contributed by atoms with Gasteiger partial charge in [-0.2, -0.15) is 0 Å². The third-order valence-corrected chi connectivity index (χ3v) is 6.26. The second-order valence-corrected chi connectivity index (χ2v) is 7.89. The van der Waals surface area contributed by atoms with Gasteiger partial charge in [0.1, 0.15) is 5.75 Å². The molecule has 0 radical (unpaired) electrons. The molecule has 2 heterocycles. The molecule has 2 aromatic carbocycles. The molecule has 11 heteroatoms. The van der Waals surface area contributed by atoms with E-state index in [1.165, 1.54) is 19.2 Å². The quantitative estimate of drug-likeness (QED) is 0.361. The summed E-state index contributed by atoms with van der Waals surface area (Å²) in [6.07, 6.45) is 0.256. The van der Waals surface area contributed by atoms with Gasteiger partial charge in [-0.1, -0.05) is 0 Å². The number of nitro groups is 2. The molecule has 2 aliphatic rings. The van der Waals surface area contributed by atoms with Gasteiger partial charge in [0, 0.05) is 34.6 Å². The van der Waals surface area contributed by atoms with Gasteiger partial charge in [-0.25, -0.2) is 0 Å². The smallest absolute Gasteiger partial charge is 0.276 e. The van der Waals surface area contributed by atoms with E-state index < -0.39 is 50.8 Å². The van der Waals surface area contributed by atoms with E-state index in [2.05, 4.69) is 10.3 Å². The summed E-state index contributed by atoms with van der Waals surface area (Å²) >= 11 is 0. The summed E-state index contributed by atoms with van der Waals surface area (Å²) in [7, 11) is 1.53. The molecule has 5 rings (SSSR count). The minimum absolute atomic E-state index is 0.256. The molecule has 1 saturated heterocycles. The van der Waals surface area contributed by atoms with Gasteiger partial charge in [0.25, 0.3) is 11.4 Å². The van der Waals surface area contributed by atoms with Crippen LogP contribution in [0.5, 0.6) is 5.75 Å². The van der Waals surface area contributed by atoms with Crippen LogP contribution in [0.4, 0.5) is 11.4 Å². The first-order valence-electron chi connectivity index (χ1n) is 9.75. The van der Waals surface area contributed by atoms with Gasteiger partial charge in [-0.15, -0.1) is 0 Å². The predicted molar refractivity (Wildman–Crippen MR) is 110 cm³/mol. The van der Waals surface area contributed by atoms with Gasteiger partial charge in [0.2, 0.25) is 11.8 Å². The predicted octanol–water partition coefficient (Wildman–Crippen LogP) is 2.69. The molecule has 2 N–H and O–H groups in total. The molecule has 162 valence electrons. The lowest BCUT2D eigenvalue weighted by molar-refractivity contribution is -0.394. The van der Waals surface area contributed by atoms with E-state index in [4.69, 9.17) is 4.74 Å². The molecule has 0 bridgehead atoms. The zero-order chi connectivity index (χ0) is 22.7. The molecule has 3 atom stereocenters. The third kappa shape index (κ3) is 2.82. The average molecular weight is 436 g/mol. The van der Waals surface area contributed by atoms with Crippen molar-refractivity contribution in [1.29, 1.82) is 0 Å². The number of carbonyl (C=O) groups is 2. The molecule has 1 aromatic heterocycles. The number of carbonyl (C=O) groups excluding carboxylic acids is 2. The van der Waals surface area contributed by atoms with Crippen LogP contribution in [0, 0.1) is 26.1 Å². The Balaban J connectivity index is 1.72. The van der Waals surface area contributed by atoms with Crippen molar-refractivity contribution in [2.24, 2.45) is 5.92 Å². The van der Waals surface area contributed by atoms with Gasteiger partial charge in [0.15, 0.2) is 0 Å². The number of nitrogens with zero attached hydrogens (tertiary/aromatic N) is 2. The number of H-pyrrole nitrogens is 1. The number of methoxy groups -OCH3 is 1. The molecule has 3 aromatic rings. The van der Waals surface area contributed by atoms with Crippen molar-refractivity contribution in [2.75, 3.05) is 7.11 Å². The van der Waals surface area contributed by atoms with Gasteiger partial charge in [-0.3, -0.25) is 35.1 Å². The normalized spacial score (nSPS) is 21.7. The number of amides is 2. The summed E-state index contributed by atoms with van der Waals surface area (Å²) in [5.74, 6) is -2.70. The van der Waals surface area contributed by atoms with E-state index in [0.717, 1.165) is 17.0 Å². The fourth-order valence-corrected chi connectivity index (χ4v) is 4.93. The molecule has 32 heavy (non-hydrogen) atoms. The van der Waals surface area contributed by atoms with Gasteiger partial charge >= 0.3 is 0 Å². The van der Waals surface area contributed by atoms with E-state index >= 15 is 0 Å². The number of aromatic nitrogens is 1. The number of benzene rings is 2. The number of rotatable bonds is 4. The van der Waals surface area contributed by atoms with Crippen LogP contribution in [0.25, 0.3) is 10.9 Å². The van der Waals surface area contributed by atoms with Crippen LogP contribution < -0.4 is 10.1 Å². The van der Waals surface area contributed by atoms with Crippen LogP contribution in [0.1, 0.15) is 28.7 Å². The number of nitrogens with one attached hydrogen (secondary N) is 2.